The lowest BCUT2D eigenvalue weighted by atomic mass is 10.0. The Morgan fingerprint density at radius 1 is 1.37 bits per heavy atom. The zero-order valence-corrected chi connectivity index (χ0v) is 11.4. The Balaban J connectivity index is 2.09. The van der Waals surface area contributed by atoms with Gasteiger partial charge in [-0.1, -0.05) is 0 Å². The van der Waals surface area contributed by atoms with Crippen molar-refractivity contribution in [3.8, 4) is 5.88 Å². The minimum atomic E-state index is -3.59. The summed E-state index contributed by atoms with van der Waals surface area (Å²) in [6.07, 6.45) is 1.24. The first-order valence-electron chi connectivity index (χ1n) is 5.57. The molecule has 0 radical (unpaired) electrons. The second-order valence-electron chi connectivity index (χ2n) is 4.08. The van der Waals surface area contributed by atoms with Crippen LogP contribution in [0.4, 0.5) is 0 Å². The van der Waals surface area contributed by atoms with Gasteiger partial charge in [0.25, 0.3) is 0 Å². The van der Waals surface area contributed by atoms with E-state index in [1.807, 2.05) is 0 Å². The van der Waals surface area contributed by atoms with Gasteiger partial charge in [-0.05, 0) is 6.07 Å². The Bertz CT molecular complexity index is 563. The van der Waals surface area contributed by atoms with Crippen LogP contribution in [0.5, 0.6) is 5.88 Å². The van der Waals surface area contributed by atoms with Crippen LogP contribution in [0.15, 0.2) is 23.2 Å². The zero-order valence-electron chi connectivity index (χ0n) is 10.6. The van der Waals surface area contributed by atoms with Crippen molar-refractivity contribution >= 4 is 16.0 Å². The number of carbonyl (C=O) groups excluding carboxylic acids is 1. The minimum Gasteiger partial charge on any atom is -0.481 e. The molecular weight excluding hydrogens is 272 g/mol. The molecule has 1 aromatic rings. The summed E-state index contributed by atoms with van der Waals surface area (Å²) in [7, 11) is -0.858. The van der Waals surface area contributed by atoms with Crippen molar-refractivity contribution in [2.75, 3.05) is 27.3 Å². The molecule has 7 nitrogen and oxygen atoms in total. The van der Waals surface area contributed by atoms with Crippen LogP contribution < -0.4 is 4.74 Å². The molecule has 8 heteroatoms. The highest BCUT2D eigenvalue weighted by atomic mass is 32.2. The SMILES string of the molecule is COC(=O)C1CN(S(=O)(=O)c2ccc(OC)nc2)C1. The van der Waals surface area contributed by atoms with E-state index in [2.05, 4.69) is 9.72 Å². The van der Waals surface area contributed by atoms with E-state index in [1.54, 1.807) is 0 Å². The van der Waals surface area contributed by atoms with Gasteiger partial charge in [-0.2, -0.15) is 4.31 Å². The summed E-state index contributed by atoms with van der Waals surface area (Å²) in [5.41, 5.74) is 0. The predicted molar refractivity (Wildman–Crippen MR) is 65.1 cm³/mol. The van der Waals surface area contributed by atoms with Crippen LogP contribution in [0, 0.1) is 5.92 Å². The van der Waals surface area contributed by atoms with E-state index in [1.165, 1.54) is 36.9 Å². The van der Waals surface area contributed by atoms with Crippen molar-refractivity contribution in [2.45, 2.75) is 4.90 Å². The lowest BCUT2D eigenvalue weighted by Gasteiger charge is -2.35. The monoisotopic (exact) mass is 286 g/mol. The number of pyridine rings is 1. The Labute approximate surface area is 111 Å². The smallest absolute Gasteiger partial charge is 0.311 e. The lowest BCUT2D eigenvalue weighted by Crippen LogP contribution is -2.53. The van der Waals surface area contributed by atoms with Gasteiger partial charge in [0.2, 0.25) is 15.9 Å². The van der Waals surface area contributed by atoms with Gasteiger partial charge < -0.3 is 9.47 Å². The number of carbonyl (C=O) groups is 1. The number of hydrogen-bond acceptors (Lipinski definition) is 6. The third-order valence-electron chi connectivity index (χ3n) is 2.94. The molecule has 104 valence electrons. The Kier molecular flexibility index (Phi) is 3.72. The number of sulfonamides is 1. The third-order valence-corrected chi connectivity index (χ3v) is 4.75. The van der Waals surface area contributed by atoms with E-state index in [4.69, 9.17) is 4.74 Å². The van der Waals surface area contributed by atoms with Gasteiger partial charge in [0.1, 0.15) is 4.90 Å². The van der Waals surface area contributed by atoms with Crippen LogP contribution in [0.1, 0.15) is 0 Å². The van der Waals surface area contributed by atoms with Gasteiger partial charge in [0.15, 0.2) is 0 Å². The molecule has 1 fully saturated rings. The summed E-state index contributed by atoms with van der Waals surface area (Å²) in [5.74, 6) is -0.430. The first-order valence-corrected chi connectivity index (χ1v) is 7.01. The number of nitrogens with zero attached hydrogens (tertiary/aromatic N) is 2. The van der Waals surface area contributed by atoms with Crippen LogP contribution in [-0.2, 0) is 19.6 Å². The van der Waals surface area contributed by atoms with Crippen molar-refractivity contribution < 1.29 is 22.7 Å². The first-order chi connectivity index (χ1) is 8.98. The summed E-state index contributed by atoms with van der Waals surface area (Å²) in [5, 5.41) is 0. The number of hydrogen-bond donors (Lipinski definition) is 0. The largest absolute Gasteiger partial charge is 0.481 e. The molecule has 2 rings (SSSR count). The van der Waals surface area contributed by atoms with Gasteiger partial charge in [-0.25, -0.2) is 13.4 Å². The molecule has 1 aromatic heterocycles. The highest BCUT2D eigenvalue weighted by Crippen LogP contribution is 2.25. The van der Waals surface area contributed by atoms with Crippen LogP contribution in [0.2, 0.25) is 0 Å². The van der Waals surface area contributed by atoms with Gasteiger partial charge >= 0.3 is 5.97 Å². The standard InChI is InChI=1S/C11H14N2O5S/c1-17-10-4-3-9(5-12-10)19(15,16)13-6-8(7-13)11(14)18-2/h3-5,8H,6-7H2,1-2H3. The van der Waals surface area contributed by atoms with Crippen LogP contribution in [0.25, 0.3) is 0 Å². The minimum absolute atomic E-state index is 0.0802. The summed E-state index contributed by atoms with van der Waals surface area (Å²) < 4.78 is 35.0. The molecule has 2 heterocycles. The predicted octanol–water partition coefficient (Wildman–Crippen LogP) is -0.116. The van der Waals surface area contributed by atoms with E-state index in [0.717, 1.165) is 0 Å². The molecule has 0 saturated carbocycles. The highest BCUT2D eigenvalue weighted by Gasteiger charge is 2.41. The molecule has 1 saturated heterocycles. The Morgan fingerprint density at radius 3 is 2.53 bits per heavy atom. The molecule has 19 heavy (non-hydrogen) atoms. The van der Waals surface area contributed by atoms with E-state index in [-0.39, 0.29) is 29.9 Å². The molecule has 0 atom stereocenters. The maximum atomic E-state index is 12.2. The van der Waals surface area contributed by atoms with Crippen molar-refractivity contribution in [2.24, 2.45) is 5.92 Å². The fourth-order valence-electron chi connectivity index (χ4n) is 1.74. The Hall–Kier alpha value is -1.67. The van der Waals surface area contributed by atoms with Crippen molar-refractivity contribution in [1.29, 1.82) is 0 Å². The highest BCUT2D eigenvalue weighted by molar-refractivity contribution is 7.89. The van der Waals surface area contributed by atoms with Crippen molar-refractivity contribution in [3.63, 3.8) is 0 Å². The fourth-order valence-corrected chi connectivity index (χ4v) is 3.22. The quantitative estimate of drug-likeness (QED) is 0.718. The van der Waals surface area contributed by atoms with E-state index < -0.39 is 10.0 Å². The molecule has 0 N–H and O–H groups in total. The van der Waals surface area contributed by atoms with Crippen molar-refractivity contribution in [3.05, 3.63) is 18.3 Å². The number of methoxy groups -OCH3 is 2. The van der Waals surface area contributed by atoms with Crippen molar-refractivity contribution in [1.82, 2.24) is 9.29 Å². The zero-order chi connectivity index (χ0) is 14.0. The Morgan fingerprint density at radius 2 is 2.05 bits per heavy atom. The molecule has 0 spiro atoms. The number of rotatable bonds is 4. The number of ether oxygens (including phenoxy) is 2. The van der Waals surface area contributed by atoms with E-state index in [0.29, 0.717) is 5.88 Å². The number of aromatic nitrogens is 1. The van der Waals surface area contributed by atoms with Gasteiger partial charge in [0.05, 0.1) is 26.3 Å². The van der Waals surface area contributed by atoms with Gasteiger partial charge in [-0.15, -0.1) is 0 Å². The second kappa shape index (κ2) is 5.14. The van der Waals surface area contributed by atoms with Crippen LogP contribution in [-0.4, -0.2) is 51.0 Å². The maximum Gasteiger partial charge on any atom is 0.311 e. The van der Waals surface area contributed by atoms with E-state index >= 15 is 0 Å². The molecule has 0 amide bonds. The molecule has 1 aliphatic rings. The van der Waals surface area contributed by atoms with E-state index in [9.17, 15) is 13.2 Å². The normalized spacial score (nSPS) is 16.7. The summed E-state index contributed by atoms with van der Waals surface area (Å²) >= 11 is 0. The van der Waals surface area contributed by atoms with Gasteiger partial charge in [0, 0.05) is 19.2 Å². The molecule has 0 aromatic carbocycles. The van der Waals surface area contributed by atoms with Gasteiger partial charge in [-0.3, -0.25) is 4.79 Å². The molecule has 1 aliphatic heterocycles. The molecule has 0 aliphatic carbocycles. The third kappa shape index (κ3) is 2.54. The summed E-state index contributed by atoms with van der Waals surface area (Å²) in [6.45, 7) is 0.280. The molecular formula is C11H14N2O5S. The maximum absolute atomic E-state index is 12.2. The lowest BCUT2D eigenvalue weighted by molar-refractivity contribution is -0.149. The fraction of sp³-hybridized carbons (Fsp3) is 0.455. The average molecular weight is 286 g/mol. The second-order valence-corrected chi connectivity index (χ2v) is 6.02. The number of esters is 1. The molecule has 0 bridgehead atoms. The molecule has 0 unspecified atom stereocenters. The topological polar surface area (TPSA) is 85.8 Å². The first kappa shape index (κ1) is 13.8. The van der Waals surface area contributed by atoms with Crippen LogP contribution in [0.3, 0.4) is 0 Å². The van der Waals surface area contributed by atoms with Crippen LogP contribution >= 0.6 is 0 Å². The summed E-state index contributed by atoms with van der Waals surface area (Å²) in [4.78, 5) is 15.1. The summed E-state index contributed by atoms with van der Waals surface area (Å²) in [6, 6.07) is 2.90. The average Bonchev–Trinajstić information content (AvgIpc) is 2.36.